The lowest BCUT2D eigenvalue weighted by Gasteiger charge is -2.31. The van der Waals surface area contributed by atoms with Crippen LogP contribution in [-0.4, -0.2) is 0 Å². The number of hydrogen-bond acceptors (Lipinski definition) is 2. The Kier molecular flexibility index (Phi) is 5.67. The molecule has 0 atom stereocenters. The van der Waals surface area contributed by atoms with Crippen molar-refractivity contribution in [2.75, 3.05) is 0 Å². The molecule has 2 aromatic rings. The van der Waals surface area contributed by atoms with Crippen LogP contribution in [0.2, 0.25) is 0 Å². The molecule has 0 fully saturated rings. The van der Waals surface area contributed by atoms with Crippen molar-refractivity contribution in [3.63, 3.8) is 0 Å². The smallest absolute Gasteiger partial charge is 0.262 e. The molecular weight excluding hydrogens is 362 g/mol. The zero-order valence-electron chi connectivity index (χ0n) is 18.2. The van der Waals surface area contributed by atoms with Gasteiger partial charge in [-0.1, -0.05) is 71.1 Å². The zero-order chi connectivity index (χ0) is 20.5. The van der Waals surface area contributed by atoms with E-state index >= 15 is 0 Å². The minimum atomic E-state index is -0.0235. The van der Waals surface area contributed by atoms with Crippen LogP contribution in [0.3, 0.4) is 0 Å². The number of allylic oxidation sites excluding steroid dienone is 6. The summed E-state index contributed by atoms with van der Waals surface area (Å²) in [5.41, 5.74) is 2.65. The molecule has 2 heterocycles. The molecule has 1 aromatic heterocycles. The summed E-state index contributed by atoms with van der Waals surface area (Å²) in [5.74, 6) is 1.92. The van der Waals surface area contributed by atoms with Gasteiger partial charge in [0.15, 0.2) is 0 Å². The Hall–Kier alpha value is -2.13. The monoisotopic (exact) mass is 394 g/mol. The molecule has 0 amide bonds. The number of fused-ring (bicyclic) bond motifs is 1. The van der Waals surface area contributed by atoms with E-state index in [0.717, 1.165) is 18.1 Å². The minimum Gasteiger partial charge on any atom is -0.461 e. The summed E-state index contributed by atoms with van der Waals surface area (Å²) in [4.78, 5) is 0. The van der Waals surface area contributed by atoms with Crippen LogP contribution in [0.25, 0.3) is 16.3 Å². The SMILES string of the molecule is CC[n+]1c(/C=C/C=C2\C=C(C(C)(C)C)C=C(C(C)(C)C)O2)sc2ccccc21. The molecule has 0 N–H and O–H groups in total. The maximum absolute atomic E-state index is 6.22. The molecule has 0 spiro atoms. The molecule has 0 saturated heterocycles. The molecule has 1 aromatic carbocycles. The lowest BCUT2D eigenvalue weighted by Crippen LogP contribution is -2.33. The van der Waals surface area contributed by atoms with Crippen molar-refractivity contribution in [1.82, 2.24) is 0 Å². The van der Waals surface area contributed by atoms with E-state index in [4.69, 9.17) is 4.74 Å². The van der Waals surface area contributed by atoms with Crippen molar-refractivity contribution in [2.24, 2.45) is 10.8 Å². The highest BCUT2D eigenvalue weighted by molar-refractivity contribution is 7.18. The van der Waals surface area contributed by atoms with Gasteiger partial charge >= 0.3 is 0 Å². The third kappa shape index (κ3) is 4.47. The van der Waals surface area contributed by atoms with E-state index in [9.17, 15) is 0 Å². The van der Waals surface area contributed by atoms with Crippen LogP contribution in [0, 0.1) is 10.8 Å². The fourth-order valence-electron chi connectivity index (χ4n) is 3.14. The normalized spacial score (nSPS) is 17.2. The number of para-hydroxylation sites is 1. The molecule has 3 rings (SSSR count). The molecule has 0 bridgehead atoms. The minimum absolute atomic E-state index is 0.0235. The van der Waals surface area contributed by atoms with Gasteiger partial charge in [0.25, 0.3) is 5.01 Å². The molecular formula is C25H32NOS+. The molecule has 0 saturated carbocycles. The average Bonchev–Trinajstić information content (AvgIpc) is 2.97. The Morgan fingerprint density at radius 2 is 1.71 bits per heavy atom. The van der Waals surface area contributed by atoms with E-state index in [1.165, 1.54) is 20.8 Å². The second-order valence-corrected chi connectivity index (χ2v) is 10.4. The van der Waals surface area contributed by atoms with Gasteiger partial charge in [-0.05, 0) is 42.2 Å². The average molecular weight is 395 g/mol. The Morgan fingerprint density at radius 3 is 2.36 bits per heavy atom. The van der Waals surface area contributed by atoms with Crippen LogP contribution >= 0.6 is 11.3 Å². The second kappa shape index (κ2) is 7.71. The van der Waals surface area contributed by atoms with Gasteiger partial charge in [0.1, 0.15) is 22.8 Å². The first-order chi connectivity index (χ1) is 13.1. The molecule has 0 unspecified atom stereocenters. The Balaban J connectivity index is 1.93. The first-order valence-electron chi connectivity index (χ1n) is 10.0. The molecule has 1 aliphatic heterocycles. The highest BCUT2D eigenvalue weighted by Crippen LogP contribution is 2.38. The van der Waals surface area contributed by atoms with Crippen molar-refractivity contribution in [3.8, 4) is 0 Å². The predicted molar refractivity (Wildman–Crippen MR) is 121 cm³/mol. The molecule has 0 radical (unpaired) electrons. The van der Waals surface area contributed by atoms with Crippen molar-refractivity contribution < 1.29 is 9.30 Å². The first-order valence-corrected chi connectivity index (χ1v) is 10.8. The maximum atomic E-state index is 6.22. The molecule has 3 heteroatoms. The van der Waals surface area contributed by atoms with Gasteiger partial charge in [-0.25, -0.2) is 0 Å². The van der Waals surface area contributed by atoms with Crippen molar-refractivity contribution >= 4 is 27.6 Å². The Bertz CT molecular complexity index is 988. The topological polar surface area (TPSA) is 13.1 Å². The maximum Gasteiger partial charge on any atom is 0.262 e. The van der Waals surface area contributed by atoms with E-state index < -0.39 is 0 Å². The molecule has 148 valence electrons. The van der Waals surface area contributed by atoms with Crippen LogP contribution in [-0.2, 0) is 11.3 Å². The van der Waals surface area contributed by atoms with E-state index in [1.54, 1.807) is 0 Å². The third-order valence-corrected chi connectivity index (χ3v) is 6.00. The summed E-state index contributed by atoms with van der Waals surface area (Å²) >= 11 is 1.82. The van der Waals surface area contributed by atoms with E-state index in [-0.39, 0.29) is 10.8 Å². The number of nitrogens with zero attached hydrogens (tertiary/aromatic N) is 1. The lowest BCUT2D eigenvalue weighted by molar-refractivity contribution is -0.665. The van der Waals surface area contributed by atoms with Crippen molar-refractivity contribution in [2.45, 2.75) is 55.0 Å². The highest BCUT2D eigenvalue weighted by Gasteiger charge is 2.27. The van der Waals surface area contributed by atoms with Gasteiger partial charge in [-0.15, -0.1) is 0 Å². The Labute approximate surface area is 173 Å². The molecule has 2 nitrogen and oxygen atoms in total. The van der Waals surface area contributed by atoms with Crippen molar-refractivity contribution in [3.05, 3.63) is 70.7 Å². The summed E-state index contributed by atoms with van der Waals surface area (Å²) in [6.45, 7) is 16.5. The lowest BCUT2D eigenvalue weighted by atomic mass is 9.82. The summed E-state index contributed by atoms with van der Waals surface area (Å²) in [5, 5.41) is 1.25. The summed E-state index contributed by atoms with van der Waals surface area (Å²) in [7, 11) is 0. The molecule has 28 heavy (non-hydrogen) atoms. The third-order valence-electron chi connectivity index (χ3n) is 4.87. The van der Waals surface area contributed by atoms with Crippen LogP contribution < -0.4 is 4.57 Å². The Morgan fingerprint density at radius 1 is 1.00 bits per heavy atom. The summed E-state index contributed by atoms with van der Waals surface area (Å²) in [6.07, 6.45) is 10.7. The van der Waals surface area contributed by atoms with Gasteiger partial charge in [0.2, 0.25) is 5.52 Å². The fourth-order valence-corrected chi connectivity index (χ4v) is 4.27. The number of ether oxygens (including phenoxy) is 1. The standard InChI is InChI=1S/C25H32NOS/c1-8-26-20-13-9-10-14-21(20)28-23(26)15-11-12-19-16-18(24(2,3)4)17-22(27-19)25(5,6)7/h9-17H,8H2,1-7H3/q+1/b15-11+,19-12+. The quantitative estimate of drug-likeness (QED) is 0.509. The fraction of sp³-hybridized carbons (Fsp3) is 0.400. The molecule has 1 aliphatic rings. The largest absolute Gasteiger partial charge is 0.461 e. The van der Waals surface area contributed by atoms with E-state index in [1.807, 2.05) is 11.3 Å². The van der Waals surface area contributed by atoms with Gasteiger partial charge < -0.3 is 4.74 Å². The van der Waals surface area contributed by atoms with Gasteiger partial charge in [0.05, 0.1) is 0 Å². The number of benzene rings is 1. The predicted octanol–water partition coefficient (Wildman–Crippen LogP) is 7.04. The van der Waals surface area contributed by atoms with E-state index in [0.29, 0.717) is 0 Å². The highest BCUT2D eigenvalue weighted by atomic mass is 32.1. The van der Waals surface area contributed by atoms with Gasteiger partial charge in [-0.3, -0.25) is 0 Å². The van der Waals surface area contributed by atoms with Crippen LogP contribution in [0.1, 0.15) is 53.5 Å². The number of aromatic nitrogens is 1. The van der Waals surface area contributed by atoms with Gasteiger partial charge in [0, 0.05) is 17.6 Å². The van der Waals surface area contributed by atoms with Crippen LogP contribution in [0.4, 0.5) is 0 Å². The number of hydrogen-bond donors (Lipinski definition) is 0. The van der Waals surface area contributed by atoms with Gasteiger partial charge in [-0.2, -0.15) is 4.57 Å². The van der Waals surface area contributed by atoms with Crippen molar-refractivity contribution in [1.29, 1.82) is 0 Å². The molecule has 0 aliphatic carbocycles. The van der Waals surface area contributed by atoms with Crippen LogP contribution in [0.5, 0.6) is 0 Å². The summed E-state index contributed by atoms with van der Waals surface area (Å²) in [6, 6.07) is 8.58. The second-order valence-electron chi connectivity index (χ2n) is 9.29. The summed E-state index contributed by atoms with van der Waals surface area (Å²) < 4.78 is 9.89. The van der Waals surface area contributed by atoms with E-state index in [2.05, 4.69) is 108 Å². The number of aryl methyl sites for hydroxylation is 1. The number of thiazole rings is 1. The number of rotatable bonds is 3. The van der Waals surface area contributed by atoms with Crippen LogP contribution in [0.15, 0.2) is 65.7 Å². The first kappa shape index (κ1) is 20.6. The zero-order valence-corrected chi connectivity index (χ0v) is 19.0.